The number of amides is 1. The van der Waals surface area contributed by atoms with Gasteiger partial charge in [0, 0.05) is 18.7 Å². The number of rotatable bonds is 6. The van der Waals surface area contributed by atoms with Crippen LogP contribution in [0.1, 0.15) is 93.2 Å². The summed E-state index contributed by atoms with van der Waals surface area (Å²) in [5.74, 6) is 2.41. The molecule has 2 atom stereocenters. The van der Waals surface area contributed by atoms with E-state index in [1.807, 2.05) is 35.7 Å². The average Bonchev–Trinajstić information content (AvgIpc) is 3.26. The molecule has 5 fully saturated rings. The first-order valence-corrected chi connectivity index (χ1v) is 13.5. The Labute approximate surface area is 201 Å². The highest BCUT2D eigenvalue weighted by molar-refractivity contribution is 5.93. The SMILES string of the molecule is CCOC(=O)[C@@H]1CCCC[C@@H]1c1cn2c(C(=O)NCC34CC5CC(CC(C5)C3)C4)cccc2n1. The molecule has 5 saturated carbocycles. The second-order valence-electron chi connectivity index (χ2n) is 11.7. The van der Waals surface area contributed by atoms with E-state index in [0.717, 1.165) is 61.3 Å². The molecule has 5 aliphatic rings. The summed E-state index contributed by atoms with van der Waals surface area (Å²) in [6.45, 7) is 3.05. The Bertz CT molecular complexity index is 1050. The normalized spacial score (nSPS) is 34.3. The molecule has 2 heterocycles. The number of carbonyl (C=O) groups is 2. The maximum atomic E-state index is 13.4. The maximum Gasteiger partial charge on any atom is 0.309 e. The summed E-state index contributed by atoms with van der Waals surface area (Å²) < 4.78 is 7.28. The van der Waals surface area contributed by atoms with Crippen LogP contribution in [-0.2, 0) is 9.53 Å². The smallest absolute Gasteiger partial charge is 0.309 e. The van der Waals surface area contributed by atoms with Crippen LogP contribution in [-0.4, -0.2) is 34.4 Å². The molecule has 5 aliphatic carbocycles. The van der Waals surface area contributed by atoms with Crippen molar-refractivity contribution in [1.82, 2.24) is 14.7 Å². The Balaban J connectivity index is 1.21. The molecule has 4 bridgehead atoms. The molecule has 34 heavy (non-hydrogen) atoms. The van der Waals surface area contributed by atoms with Crippen LogP contribution in [0.4, 0.5) is 0 Å². The molecule has 0 radical (unpaired) electrons. The standard InChI is InChI=1S/C28H37N3O3/c1-2-34-27(33)22-7-4-3-6-21(22)23-16-31-24(8-5-9-25(31)30-23)26(32)29-17-28-13-18-10-19(14-28)12-20(11-18)15-28/h5,8-9,16,18-22H,2-4,6-7,10-15,17H2,1H3,(H,29,32)/t18?,19?,20?,21-,22+,28?/m0/s1. The topological polar surface area (TPSA) is 72.7 Å². The van der Waals surface area contributed by atoms with E-state index in [4.69, 9.17) is 9.72 Å². The Morgan fingerprint density at radius 2 is 1.79 bits per heavy atom. The number of nitrogens with zero attached hydrogens (tertiary/aromatic N) is 2. The lowest BCUT2D eigenvalue weighted by Gasteiger charge is -2.56. The molecule has 182 valence electrons. The summed E-state index contributed by atoms with van der Waals surface area (Å²) in [5, 5.41) is 3.32. The summed E-state index contributed by atoms with van der Waals surface area (Å²) in [6.07, 6.45) is 14.0. The molecular weight excluding hydrogens is 426 g/mol. The summed E-state index contributed by atoms with van der Waals surface area (Å²) in [4.78, 5) is 30.8. The van der Waals surface area contributed by atoms with Gasteiger partial charge in [-0.3, -0.25) is 14.0 Å². The third-order valence-corrected chi connectivity index (χ3v) is 9.27. The molecule has 0 aromatic carbocycles. The van der Waals surface area contributed by atoms with Crippen molar-refractivity contribution >= 4 is 17.5 Å². The molecule has 7 rings (SSSR count). The predicted octanol–water partition coefficient (Wildman–Crippen LogP) is 5.12. The van der Waals surface area contributed by atoms with Crippen molar-refractivity contribution < 1.29 is 14.3 Å². The van der Waals surface area contributed by atoms with Crippen LogP contribution in [0.25, 0.3) is 5.65 Å². The van der Waals surface area contributed by atoms with Gasteiger partial charge in [-0.2, -0.15) is 0 Å². The lowest BCUT2D eigenvalue weighted by molar-refractivity contribution is -0.149. The van der Waals surface area contributed by atoms with Crippen LogP contribution < -0.4 is 5.32 Å². The molecule has 6 nitrogen and oxygen atoms in total. The van der Waals surface area contributed by atoms with E-state index in [2.05, 4.69) is 5.32 Å². The van der Waals surface area contributed by atoms with Gasteiger partial charge in [0.25, 0.3) is 5.91 Å². The number of ether oxygens (including phenoxy) is 1. The molecule has 0 spiro atoms. The molecule has 1 N–H and O–H groups in total. The van der Waals surface area contributed by atoms with Gasteiger partial charge in [-0.1, -0.05) is 18.9 Å². The zero-order valence-corrected chi connectivity index (χ0v) is 20.3. The molecule has 0 unspecified atom stereocenters. The average molecular weight is 464 g/mol. The number of fused-ring (bicyclic) bond motifs is 1. The molecule has 6 heteroatoms. The molecule has 1 amide bonds. The summed E-state index contributed by atoms with van der Waals surface area (Å²) in [7, 11) is 0. The van der Waals surface area contributed by atoms with E-state index >= 15 is 0 Å². The quantitative estimate of drug-likeness (QED) is 0.604. The van der Waals surface area contributed by atoms with Gasteiger partial charge in [0.1, 0.15) is 11.3 Å². The van der Waals surface area contributed by atoms with Crippen molar-refractivity contribution in [1.29, 1.82) is 0 Å². The van der Waals surface area contributed by atoms with Crippen LogP contribution in [0.5, 0.6) is 0 Å². The van der Waals surface area contributed by atoms with E-state index in [0.29, 0.717) is 17.7 Å². The van der Waals surface area contributed by atoms with Crippen LogP contribution in [0, 0.1) is 29.1 Å². The minimum absolute atomic E-state index is 0.0177. The summed E-state index contributed by atoms with van der Waals surface area (Å²) in [5.41, 5.74) is 2.61. The Kier molecular flexibility index (Phi) is 5.65. The zero-order valence-electron chi connectivity index (χ0n) is 20.3. The Hall–Kier alpha value is -2.37. The largest absolute Gasteiger partial charge is 0.466 e. The van der Waals surface area contributed by atoms with Gasteiger partial charge in [-0.15, -0.1) is 0 Å². The van der Waals surface area contributed by atoms with E-state index in [1.165, 1.54) is 38.5 Å². The number of carbonyl (C=O) groups excluding carboxylic acids is 2. The zero-order chi connectivity index (χ0) is 23.3. The van der Waals surface area contributed by atoms with Gasteiger partial charge < -0.3 is 10.1 Å². The molecule has 2 aromatic rings. The van der Waals surface area contributed by atoms with Crippen molar-refractivity contribution in [3.05, 3.63) is 35.8 Å². The monoisotopic (exact) mass is 463 g/mol. The molecule has 0 aliphatic heterocycles. The van der Waals surface area contributed by atoms with Crippen molar-refractivity contribution in [2.45, 2.75) is 77.0 Å². The van der Waals surface area contributed by atoms with Crippen molar-refractivity contribution in [2.75, 3.05) is 13.2 Å². The molecular formula is C28H37N3O3. The van der Waals surface area contributed by atoms with Crippen LogP contribution in [0.15, 0.2) is 24.4 Å². The van der Waals surface area contributed by atoms with E-state index in [-0.39, 0.29) is 23.7 Å². The van der Waals surface area contributed by atoms with Gasteiger partial charge in [-0.05, 0) is 93.6 Å². The molecule has 2 aromatic heterocycles. The number of imidazole rings is 1. The van der Waals surface area contributed by atoms with Crippen LogP contribution in [0.2, 0.25) is 0 Å². The molecule has 0 saturated heterocycles. The first-order valence-electron chi connectivity index (χ1n) is 13.5. The minimum Gasteiger partial charge on any atom is -0.466 e. The van der Waals surface area contributed by atoms with Gasteiger partial charge in [0.15, 0.2) is 0 Å². The maximum absolute atomic E-state index is 13.4. The van der Waals surface area contributed by atoms with E-state index in [1.54, 1.807) is 0 Å². The minimum atomic E-state index is -0.146. The fraction of sp³-hybridized carbons (Fsp3) is 0.679. The summed E-state index contributed by atoms with van der Waals surface area (Å²) >= 11 is 0. The Morgan fingerprint density at radius 1 is 1.09 bits per heavy atom. The fourth-order valence-electron chi connectivity index (χ4n) is 8.27. The first kappa shape index (κ1) is 22.1. The van der Waals surface area contributed by atoms with Gasteiger partial charge in [0.05, 0.1) is 18.2 Å². The van der Waals surface area contributed by atoms with Crippen molar-refractivity contribution in [3.8, 4) is 0 Å². The highest BCUT2D eigenvalue weighted by Gasteiger charge is 2.50. The van der Waals surface area contributed by atoms with Crippen molar-refractivity contribution in [3.63, 3.8) is 0 Å². The van der Waals surface area contributed by atoms with Gasteiger partial charge >= 0.3 is 5.97 Å². The third kappa shape index (κ3) is 3.93. The fourth-order valence-corrected chi connectivity index (χ4v) is 8.27. The van der Waals surface area contributed by atoms with Crippen LogP contribution >= 0.6 is 0 Å². The second kappa shape index (κ2) is 8.69. The predicted molar refractivity (Wildman–Crippen MR) is 129 cm³/mol. The first-order chi connectivity index (χ1) is 16.5. The van der Waals surface area contributed by atoms with E-state index < -0.39 is 0 Å². The number of aromatic nitrogens is 2. The van der Waals surface area contributed by atoms with Crippen molar-refractivity contribution in [2.24, 2.45) is 29.1 Å². The highest BCUT2D eigenvalue weighted by Crippen LogP contribution is 2.59. The number of hydrogen-bond acceptors (Lipinski definition) is 4. The third-order valence-electron chi connectivity index (χ3n) is 9.27. The van der Waals surface area contributed by atoms with Crippen LogP contribution in [0.3, 0.4) is 0 Å². The number of pyridine rings is 1. The number of nitrogens with one attached hydrogen (secondary N) is 1. The summed E-state index contributed by atoms with van der Waals surface area (Å²) in [6, 6.07) is 5.74. The lowest BCUT2D eigenvalue weighted by Crippen LogP contribution is -2.51. The number of hydrogen-bond donors (Lipinski definition) is 1. The van der Waals surface area contributed by atoms with E-state index in [9.17, 15) is 9.59 Å². The Morgan fingerprint density at radius 3 is 2.50 bits per heavy atom. The highest BCUT2D eigenvalue weighted by atomic mass is 16.5. The second-order valence-corrected chi connectivity index (χ2v) is 11.7. The lowest BCUT2D eigenvalue weighted by atomic mass is 9.49. The van der Waals surface area contributed by atoms with Gasteiger partial charge in [0.2, 0.25) is 0 Å². The number of esters is 1. The van der Waals surface area contributed by atoms with Gasteiger partial charge in [-0.25, -0.2) is 4.98 Å².